The Morgan fingerprint density at radius 2 is 1.91 bits per heavy atom. The molecule has 0 radical (unpaired) electrons. The van der Waals surface area contributed by atoms with Gasteiger partial charge in [-0.25, -0.2) is 9.59 Å². The van der Waals surface area contributed by atoms with E-state index in [4.69, 9.17) is 14.2 Å². The van der Waals surface area contributed by atoms with E-state index in [0.717, 1.165) is 5.56 Å². The first-order valence-electron chi connectivity index (χ1n) is 7.51. The van der Waals surface area contributed by atoms with E-state index in [2.05, 4.69) is 5.32 Å². The minimum atomic E-state index is -0.507. The number of hydrogen-bond donors (Lipinski definition) is 1. The predicted molar refractivity (Wildman–Crippen MR) is 86.9 cm³/mol. The van der Waals surface area contributed by atoms with Crippen molar-refractivity contribution < 1.29 is 23.8 Å². The van der Waals surface area contributed by atoms with Gasteiger partial charge in [0.05, 0.1) is 19.3 Å². The second kappa shape index (κ2) is 8.41. The Morgan fingerprint density at radius 3 is 2.52 bits per heavy atom. The zero-order valence-corrected chi connectivity index (χ0v) is 14.4. The van der Waals surface area contributed by atoms with Crippen molar-refractivity contribution in [3.8, 4) is 5.75 Å². The summed E-state index contributed by atoms with van der Waals surface area (Å²) in [6.45, 7) is 8.13. The number of esters is 1. The van der Waals surface area contributed by atoms with Crippen LogP contribution in [-0.4, -0.2) is 37.9 Å². The van der Waals surface area contributed by atoms with E-state index < -0.39 is 11.7 Å². The average molecular weight is 323 g/mol. The summed E-state index contributed by atoms with van der Waals surface area (Å²) in [6, 6.07) is 5.26. The second-order valence-corrected chi connectivity index (χ2v) is 6.10. The SMILES string of the molecule is COC(=O)c1cc(OCCCNC(=O)OC(C)(C)C)ccc1C. The molecular weight excluding hydrogens is 298 g/mol. The molecule has 1 aromatic rings. The molecule has 0 aliphatic rings. The van der Waals surface area contributed by atoms with Crippen LogP contribution < -0.4 is 10.1 Å². The number of benzene rings is 1. The lowest BCUT2D eigenvalue weighted by atomic mass is 10.1. The van der Waals surface area contributed by atoms with E-state index in [9.17, 15) is 9.59 Å². The first kappa shape index (κ1) is 18.8. The third-order valence-corrected chi connectivity index (χ3v) is 2.87. The Bertz CT molecular complexity index is 548. The highest BCUT2D eigenvalue weighted by Crippen LogP contribution is 2.18. The van der Waals surface area contributed by atoms with E-state index in [0.29, 0.717) is 30.9 Å². The number of hydrogen-bond acceptors (Lipinski definition) is 5. The Labute approximate surface area is 137 Å². The number of rotatable bonds is 6. The fourth-order valence-corrected chi connectivity index (χ4v) is 1.79. The minimum absolute atomic E-state index is 0.389. The fourth-order valence-electron chi connectivity index (χ4n) is 1.79. The van der Waals surface area contributed by atoms with E-state index in [1.807, 2.05) is 27.7 Å². The first-order valence-corrected chi connectivity index (χ1v) is 7.51. The molecule has 0 saturated heterocycles. The third kappa shape index (κ3) is 7.04. The smallest absolute Gasteiger partial charge is 0.407 e. The molecule has 1 amide bonds. The van der Waals surface area contributed by atoms with Crippen LogP contribution in [0.2, 0.25) is 0 Å². The monoisotopic (exact) mass is 323 g/mol. The van der Waals surface area contributed by atoms with Crippen molar-refractivity contribution in [1.82, 2.24) is 5.32 Å². The topological polar surface area (TPSA) is 73.9 Å². The van der Waals surface area contributed by atoms with Gasteiger partial charge in [0.15, 0.2) is 0 Å². The highest BCUT2D eigenvalue weighted by molar-refractivity contribution is 5.91. The minimum Gasteiger partial charge on any atom is -0.494 e. The van der Waals surface area contributed by atoms with Crippen LogP contribution in [0.25, 0.3) is 0 Å². The summed E-state index contributed by atoms with van der Waals surface area (Å²) >= 11 is 0. The van der Waals surface area contributed by atoms with Gasteiger partial charge in [-0.05, 0) is 51.8 Å². The van der Waals surface area contributed by atoms with E-state index in [1.54, 1.807) is 18.2 Å². The quantitative estimate of drug-likeness (QED) is 0.643. The third-order valence-electron chi connectivity index (χ3n) is 2.87. The van der Waals surface area contributed by atoms with Crippen LogP contribution in [0.5, 0.6) is 5.75 Å². The molecule has 0 saturated carbocycles. The summed E-state index contributed by atoms with van der Waals surface area (Å²) in [5.41, 5.74) is 0.805. The fraction of sp³-hybridized carbons (Fsp3) is 0.529. The van der Waals surface area contributed by atoms with Gasteiger partial charge in [0.1, 0.15) is 11.4 Å². The van der Waals surface area contributed by atoms with Crippen LogP contribution in [0.1, 0.15) is 43.1 Å². The Kier molecular flexibility index (Phi) is 6.88. The summed E-state index contributed by atoms with van der Waals surface area (Å²) in [4.78, 5) is 23.1. The van der Waals surface area contributed by atoms with Gasteiger partial charge in [0.2, 0.25) is 0 Å². The molecule has 23 heavy (non-hydrogen) atoms. The van der Waals surface area contributed by atoms with Crippen LogP contribution in [0.4, 0.5) is 4.79 Å². The molecule has 0 unspecified atom stereocenters. The van der Waals surface area contributed by atoms with Gasteiger partial charge in [-0.1, -0.05) is 6.07 Å². The molecule has 0 aromatic heterocycles. The molecule has 0 bridgehead atoms. The number of aryl methyl sites for hydroxylation is 1. The summed E-state index contributed by atoms with van der Waals surface area (Å²) < 4.78 is 15.4. The lowest BCUT2D eigenvalue weighted by molar-refractivity contribution is 0.0524. The number of methoxy groups -OCH3 is 1. The molecule has 6 heteroatoms. The number of carbonyl (C=O) groups is 2. The van der Waals surface area contributed by atoms with E-state index in [-0.39, 0.29) is 5.97 Å². The summed E-state index contributed by atoms with van der Waals surface area (Å²) in [7, 11) is 1.34. The zero-order valence-electron chi connectivity index (χ0n) is 14.4. The highest BCUT2D eigenvalue weighted by Gasteiger charge is 2.15. The number of amides is 1. The number of carbonyl (C=O) groups excluding carboxylic acids is 2. The molecule has 1 rings (SSSR count). The summed E-state index contributed by atoms with van der Waals surface area (Å²) in [6.07, 6.45) is 0.182. The van der Waals surface area contributed by atoms with E-state index in [1.165, 1.54) is 7.11 Å². The largest absolute Gasteiger partial charge is 0.494 e. The Hall–Kier alpha value is -2.24. The van der Waals surface area contributed by atoms with Crippen molar-refractivity contribution in [2.75, 3.05) is 20.3 Å². The van der Waals surface area contributed by atoms with Gasteiger partial charge in [-0.3, -0.25) is 0 Å². The molecule has 0 atom stereocenters. The maximum atomic E-state index is 11.6. The predicted octanol–water partition coefficient (Wildman–Crippen LogP) is 3.08. The van der Waals surface area contributed by atoms with Crippen molar-refractivity contribution in [3.05, 3.63) is 29.3 Å². The number of alkyl carbamates (subject to hydrolysis) is 1. The van der Waals surface area contributed by atoms with Gasteiger partial charge in [-0.2, -0.15) is 0 Å². The molecule has 0 aliphatic carbocycles. The first-order chi connectivity index (χ1) is 10.7. The van der Waals surface area contributed by atoms with Crippen molar-refractivity contribution in [1.29, 1.82) is 0 Å². The number of nitrogens with one attached hydrogen (secondary N) is 1. The van der Waals surface area contributed by atoms with E-state index >= 15 is 0 Å². The maximum absolute atomic E-state index is 11.6. The molecule has 0 fully saturated rings. The Balaban J connectivity index is 2.37. The molecule has 0 spiro atoms. The molecular formula is C17H25NO5. The highest BCUT2D eigenvalue weighted by atomic mass is 16.6. The molecule has 6 nitrogen and oxygen atoms in total. The van der Waals surface area contributed by atoms with Gasteiger partial charge < -0.3 is 19.5 Å². The van der Waals surface area contributed by atoms with Crippen molar-refractivity contribution in [2.24, 2.45) is 0 Å². The number of ether oxygens (including phenoxy) is 3. The average Bonchev–Trinajstić information content (AvgIpc) is 2.45. The zero-order chi connectivity index (χ0) is 17.5. The van der Waals surface area contributed by atoms with Gasteiger partial charge in [0.25, 0.3) is 0 Å². The maximum Gasteiger partial charge on any atom is 0.407 e. The van der Waals surface area contributed by atoms with Crippen molar-refractivity contribution in [3.63, 3.8) is 0 Å². The summed E-state index contributed by atoms with van der Waals surface area (Å²) in [5.74, 6) is 0.202. The van der Waals surface area contributed by atoms with Crippen LogP contribution in [0.15, 0.2) is 18.2 Å². The molecule has 0 heterocycles. The van der Waals surface area contributed by atoms with Crippen LogP contribution in [0, 0.1) is 6.92 Å². The van der Waals surface area contributed by atoms with Gasteiger partial charge in [0, 0.05) is 6.54 Å². The molecule has 0 aliphatic heterocycles. The molecule has 1 N–H and O–H groups in total. The van der Waals surface area contributed by atoms with Crippen LogP contribution >= 0.6 is 0 Å². The summed E-state index contributed by atoms with van der Waals surface area (Å²) in [5, 5.41) is 2.66. The van der Waals surface area contributed by atoms with Crippen LogP contribution in [-0.2, 0) is 9.47 Å². The molecule has 1 aromatic carbocycles. The lowest BCUT2D eigenvalue weighted by Gasteiger charge is -2.19. The standard InChI is InChI=1S/C17H25NO5/c1-12-7-8-13(11-14(12)15(19)21-5)22-10-6-9-18-16(20)23-17(2,3)4/h7-8,11H,6,9-10H2,1-5H3,(H,18,20). The van der Waals surface area contributed by atoms with Crippen LogP contribution in [0.3, 0.4) is 0 Å². The Morgan fingerprint density at radius 1 is 1.22 bits per heavy atom. The lowest BCUT2D eigenvalue weighted by Crippen LogP contribution is -2.33. The normalized spacial score (nSPS) is 10.8. The van der Waals surface area contributed by atoms with Crippen molar-refractivity contribution >= 4 is 12.1 Å². The molecule has 128 valence electrons. The van der Waals surface area contributed by atoms with Gasteiger partial charge >= 0.3 is 12.1 Å². The second-order valence-electron chi connectivity index (χ2n) is 6.10. The van der Waals surface area contributed by atoms with Gasteiger partial charge in [-0.15, -0.1) is 0 Å². The van der Waals surface area contributed by atoms with Crippen molar-refractivity contribution in [2.45, 2.75) is 39.7 Å².